The van der Waals surface area contributed by atoms with Crippen LogP contribution in [0.15, 0.2) is 51.4 Å². The van der Waals surface area contributed by atoms with E-state index < -0.39 is 28.4 Å². The number of rotatable bonds is 3. The Balaban J connectivity index is 1.74. The van der Waals surface area contributed by atoms with E-state index in [1.54, 1.807) is 25.1 Å². The molecule has 0 radical (unpaired) electrons. The summed E-state index contributed by atoms with van der Waals surface area (Å²) in [5.74, 6) is -3.81. The van der Waals surface area contributed by atoms with Crippen LogP contribution in [0.25, 0.3) is 22.6 Å². The standard InChI is InChI=1S/C21H11BrClF3N2O2/c1-9-13(21-28-15-5-2-10(22)6-17(15)30-21)7-11(24)8-16(9)27-20(29)12-3-4-14(25)19(26)18(12)23/h2-8H,1H3,(H,27,29). The minimum atomic E-state index is -1.33. The molecule has 0 saturated carbocycles. The molecule has 0 atom stereocenters. The fraction of sp³-hybridized carbons (Fsp3) is 0.0476. The molecule has 1 N–H and O–H groups in total. The Hall–Kier alpha value is -2.84. The van der Waals surface area contributed by atoms with Gasteiger partial charge in [0.1, 0.15) is 11.3 Å². The van der Waals surface area contributed by atoms with Crippen molar-refractivity contribution in [3.05, 3.63) is 80.5 Å². The molecule has 0 aliphatic heterocycles. The summed E-state index contributed by atoms with van der Waals surface area (Å²) in [6.07, 6.45) is 0. The molecule has 9 heteroatoms. The highest BCUT2D eigenvalue weighted by Gasteiger charge is 2.20. The SMILES string of the molecule is Cc1c(NC(=O)c2ccc(F)c(F)c2Cl)cc(F)cc1-c1nc2ccc(Br)cc2o1. The quantitative estimate of drug-likeness (QED) is 0.315. The van der Waals surface area contributed by atoms with Crippen LogP contribution in [0.2, 0.25) is 5.02 Å². The van der Waals surface area contributed by atoms with Gasteiger partial charge in [0.05, 0.1) is 10.6 Å². The summed E-state index contributed by atoms with van der Waals surface area (Å²) in [6, 6.07) is 9.44. The Morgan fingerprint density at radius 2 is 1.90 bits per heavy atom. The van der Waals surface area contributed by atoms with Crippen molar-refractivity contribution in [3.8, 4) is 11.5 Å². The van der Waals surface area contributed by atoms with Gasteiger partial charge >= 0.3 is 0 Å². The lowest BCUT2D eigenvalue weighted by Crippen LogP contribution is -2.14. The fourth-order valence-corrected chi connectivity index (χ4v) is 3.51. The number of oxazole rings is 1. The number of nitrogens with zero attached hydrogens (tertiary/aromatic N) is 1. The van der Waals surface area contributed by atoms with Crippen LogP contribution in [0.1, 0.15) is 15.9 Å². The summed E-state index contributed by atoms with van der Waals surface area (Å²) in [4.78, 5) is 16.9. The number of fused-ring (bicyclic) bond motifs is 1. The van der Waals surface area contributed by atoms with E-state index in [9.17, 15) is 18.0 Å². The third-order valence-corrected chi connectivity index (χ3v) is 5.34. The van der Waals surface area contributed by atoms with Gasteiger partial charge in [-0.3, -0.25) is 4.79 Å². The third-order valence-electron chi connectivity index (χ3n) is 4.48. The summed E-state index contributed by atoms with van der Waals surface area (Å²) in [6.45, 7) is 1.64. The van der Waals surface area contributed by atoms with E-state index in [4.69, 9.17) is 16.0 Å². The van der Waals surface area contributed by atoms with Crippen molar-refractivity contribution in [1.29, 1.82) is 0 Å². The predicted molar refractivity (Wildman–Crippen MR) is 111 cm³/mol. The maximum absolute atomic E-state index is 14.3. The molecule has 30 heavy (non-hydrogen) atoms. The number of carbonyl (C=O) groups is 1. The average molecular weight is 496 g/mol. The molecule has 1 heterocycles. The molecule has 4 rings (SSSR count). The summed E-state index contributed by atoms with van der Waals surface area (Å²) in [5.41, 5.74) is 1.70. The first-order valence-corrected chi connectivity index (χ1v) is 9.73. The number of hydrogen-bond donors (Lipinski definition) is 1. The van der Waals surface area contributed by atoms with E-state index in [1.807, 2.05) is 0 Å². The molecular formula is C21H11BrClF3N2O2. The minimum Gasteiger partial charge on any atom is -0.436 e. The van der Waals surface area contributed by atoms with E-state index in [0.717, 1.165) is 22.7 Å². The zero-order valence-electron chi connectivity index (χ0n) is 15.2. The highest BCUT2D eigenvalue weighted by atomic mass is 79.9. The van der Waals surface area contributed by atoms with Crippen LogP contribution in [0.4, 0.5) is 18.9 Å². The number of halogens is 5. The van der Waals surface area contributed by atoms with Gasteiger partial charge < -0.3 is 9.73 Å². The van der Waals surface area contributed by atoms with Crippen LogP contribution >= 0.6 is 27.5 Å². The predicted octanol–water partition coefficient (Wildman–Crippen LogP) is 6.89. The molecule has 1 amide bonds. The second-order valence-corrected chi connectivity index (χ2v) is 7.73. The van der Waals surface area contributed by atoms with Gasteiger partial charge in [0.15, 0.2) is 17.2 Å². The summed E-state index contributed by atoms with van der Waals surface area (Å²) < 4.78 is 47.8. The lowest BCUT2D eigenvalue weighted by Gasteiger charge is -2.12. The summed E-state index contributed by atoms with van der Waals surface area (Å²) >= 11 is 9.08. The summed E-state index contributed by atoms with van der Waals surface area (Å²) in [7, 11) is 0. The maximum atomic E-state index is 14.3. The van der Waals surface area contributed by atoms with Gasteiger partial charge in [0, 0.05) is 15.7 Å². The molecule has 0 bridgehead atoms. The number of hydrogen-bond acceptors (Lipinski definition) is 3. The van der Waals surface area contributed by atoms with Gasteiger partial charge in [-0.25, -0.2) is 18.2 Å². The van der Waals surface area contributed by atoms with Gasteiger partial charge in [0.2, 0.25) is 5.89 Å². The van der Waals surface area contributed by atoms with Crippen molar-refractivity contribution < 1.29 is 22.4 Å². The monoisotopic (exact) mass is 494 g/mol. The van der Waals surface area contributed by atoms with Gasteiger partial charge in [-0.05, 0) is 55.0 Å². The second-order valence-electron chi connectivity index (χ2n) is 6.43. The molecule has 1 aromatic heterocycles. The first-order chi connectivity index (χ1) is 14.2. The van der Waals surface area contributed by atoms with Crippen molar-refractivity contribution in [2.24, 2.45) is 0 Å². The van der Waals surface area contributed by atoms with Crippen molar-refractivity contribution >= 4 is 50.2 Å². The number of aromatic nitrogens is 1. The maximum Gasteiger partial charge on any atom is 0.257 e. The number of nitrogens with one attached hydrogen (secondary N) is 1. The van der Waals surface area contributed by atoms with Crippen LogP contribution in [-0.2, 0) is 0 Å². The minimum absolute atomic E-state index is 0.110. The lowest BCUT2D eigenvalue weighted by atomic mass is 10.1. The van der Waals surface area contributed by atoms with Crippen molar-refractivity contribution in [1.82, 2.24) is 4.98 Å². The Morgan fingerprint density at radius 3 is 2.67 bits per heavy atom. The molecule has 0 aliphatic rings. The van der Waals surface area contributed by atoms with Gasteiger partial charge in [-0.1, -0.05) is 27.5 Å². The molecule has 4 nitrogen and oxygen atoms in total. The highest BCUT2D eigenvalue weighted by Crippen LogP contribution is 2.33. The van der Waals surface area contributed by atoms with Crippen molar-refractivity contribution in [2.75, 3.05) is 5.32 Å². The fourth-order valence-electron chi connectivity index (χ4n) is 2.94. The van der Waals surface area contributed by atoms with E-state index in [-0.39, 0.29) is 17.1 Å². The number of carbonyl (C=O) groups excluding carboxylic acids is 1. The molecule has 0 unspecified atom stereocenters. The zero-order valence-corrected chi connectivity index (χ0v) is 17.5. The molecule has 4 aromatic rings. The molecule has 0 aliphatic carbocycles. The molecule has 0 saturated heterocycles. The molecular weight excluding hydrogens is 485 g/mol. The topological polar surface area (TPSA) is 55.1 Å². The van der Waals surface area contributed by atoms with Gasteiger partial charge in [-0.15, -0.1) is 0 Å². The van der Waals surface area contributed by atoms with E-state index in [1.165, 1.54) is 6.07 Å². The van der Waals surface area contributed by atoms with Crippen molar-refractivity contribution in [3.63, 3.8) is 0 Å². The second kappa shape index (κ2) is 7.77. The smallest absolute Gasteiger partial charge is 0.257 e. The highest BCUT2D eigenvalue weighted by molar-refractivity contribution is 9.10. The Kier molecular flexibility index (Phi) is 5.29. The molecule has 3 aromatic carbocycles. The van der Waals surface area contributed by atoms with Crippen LogP contribution < -0.4 is 5.32 Å². The van der Waals surface area contributed by atoms with Crippen LogP contribution in [0.5, 0.6) is 0 Å². The number of anilines is 1. The Labute approximate surface area is 181 Å². The molecule has 0 fully saturated rings. The Morgan fingerprint density at radius 1 is 1.13 bits per heavy atom. The van der Waals surface area contributed by atoms with Crippen LogP contribution in [0, 0.1) is 24.4 Å². The largest absolute Gasteiger partial charge is 0.436 e. The molecule has 152 valence electrons. The zero-order chi connectivity index (χ0) is 21.6. The van der Waals surface area contributed by atoms with E-state index in [2.05, 4.69) is 26.2 Å². The van der Waals surface area contributed by atoms with Crippen LogP contribution in [0.3, 0.4) is 0 Å². The van der Waals surface area contributed by atoms with E-state index >= 15 is 0 Å². The van der Waals surface area contributed by atoms with Crippen LogP contribution in [-0.4, -0.2) is 10.9 Å². The molecule has 0 spiro atoms. The normalized spacial score (nSPS) is 11.1. The van der Waals surface area contributed by atoms with Gasteiger partial charge in [-0.2, -0.15) is 0 Å². The first kappa shape index (κ1) is 20.4. The Bertz CT molecular complexity index is 1320. The van der Waals surface area contributed by atoms with Crippen molar-refractivity contribution in [2.45, 2.75) is 6.92 Å². The summed E-state index contributed by atoms with van der Waals surface area (Å²) in [5, 5.41) is 1.82. The number of benzene rings is 3. The average Bonchev–Trinajstić information content (AvgIpc) is 3.11. The van der Waals surface area contributed by atoms with E-state index in [0.29, 0.717) is 22.2 Å². The van der Waals surface area contributed by atoms with Gasteiger partial charge in [0.25, 0.3) is 5.91 Å². The third kappa shape index (κ3) is 3.68. The first-order valence-electron chi connectivity index (χ1n) is 8.56. The lowest BCUT2D eigenvalue weighted by molar-refractivity contribution is 0.102. The number of amides is 1.